The lowest BCUT2D eigenvalue weighted by molar-refractivity contribution is 0.527. The van der Waals surface area contributed by atoms with Crippen LogP contribution in [0.25, 0.3) is 0 Å². The van der Waals surface area contributed by atoms with Crippen LogP contribution in [-0.2, 0) is 6.54 Å². The first kappa shape index (κ1) is 10.7. The number of nitrogens with zero attached hydrogens (tertiary/aromatic N) is 2. The van der Waals surface area contributed by atoms with Gasteiger partial charge < -0.3 is 9.88 Å². The fraction of sp³-hybridized carbons (Fsp3) is 0.750. The molecule has 0 aromatic carbocycles. The molecule has 1 saturated carbocycles. The van der Waals surface area contributed by atoms with E-state index in [0.717, 1.165) is 25.0 Å². The van der Waals surface area contributed by atoms with Crippen LogP contribution in [0.15, 0.2) is 12.5 Å². The third kappa shape index (κ3) is 3.06. The molecule has 0 amide bonds. The van der Waals surface area contributed by atoms with Gasteiger partial charge in [0.15, 0.2) is 0 Å². The lowest BCUT2D eigenvalue weighted by atomic mass is 10.1. The Kier molecular flexibility index (Phi) is 3.41. The molecule has 1 aromatic rings. The van der Waals surface area contributed by atoms with Crippen molar-refractivity contribution in [1.29, 1.82) is 0 Å². The fourth-order valence-electron chi connectivity index (χ4n) is 1.76. The molecule has 0 aliphatic heterocycles. The molecule has 1 N–H and O–H groups in total. The third-order valence-electron chi connectivity index (χ3n) is 2.89. The van der Waals surface area contributed by atoms with Crippen LogP contribution in [0.3, 0.4) is 0 Å². The van der Waals surface area contributed by atoms with E-state index in [1.165, 1.54) is 25.0 Å². The first-order valence-corrected chi connectivity index (χ1v) is 5.99. The molecule has 15 heavy (non-hydrogen) atoms. The van der Waals surface area contributed by atoms with Gasteiger partial charge in [-0.25, -0.2) is 4.98 Å². The highest BCUT2D eigenvalue weighted by atomic mass is 15.1. The van der Waals surface area contributed by atoms with E-state index in [4.69, 9.17) is 0 Å². The van der Waals surface area contributed by atoms with Crippen molar-refractivity contribution in [2.24, 2.45) is 5.92 Å². The van der Waals surface area contributed by atoms with E-state index in [1.807, 2.05) is 12.5 Å². The average molecular weight is 207 g/mol. The molecule has 1 aliphatic carbocycles. The van der Waals surface area contributed by atoms with Gasteiger partial charge in [0.05, 0.1) is 12.0 Å². The van der Waals surface area contributed by atoms with E-state index in [9.17, 15) is 0 Å². The van der Waals surface area contributed by atoms with Crippen LogP contribution in [0.1, 0.15) is 44.8 Å². The minimum absolute atomic E-state index is 0.745. The van der Waals surface area contributed by atoms with Gasteiger partial charge in [-0.3, -0.25) is 0 Å². The van der Waals surface area contributed by atoms with E-state index in [-0.39, 0.29) is 0 Å². The molecule has 0 unspecified atom stereocenters. The smallest absolute Gasteiger partial charge is 0.0951 e. The van der Waals surface area contributed by atoms with Gasteiger partial charge >= 0.3 is 0 Å². The normalized spacial score (nSPS) is 16.2. The molecule has 84 valence electrons. The van der Waals surface area contributed by atoms with Crippen molar-refractivity contribution >= 4 is 0 Å². The second kappa shape index (κ2) is 4.79. The van der Waals surface area contributed by atoms with Gasteiger partial charge in [-0.1, -0.05) is 13.8 Å². The zero-order chi connectivity index (χ0) is 10.7. The van der Waals surface area contributed by atoms with E-state index in [1.54, 1.807) is 0 Å². The quantitative estimate of drug-likeness (QED) is 0.726. The standard InChI is InChI=1S/C12H21N3/c1-10(2)5-6-13-7-12-8-14-9-15(12)11-3-4-11/h8-11,13H,3-7H2,1-2H3. The summed E-state index contributed by atoms with van der Waals surface area (Å²) in [5.41, 5.74) is 1.33. The molecule has 0 bridgehead atoms. The maximum Gasteiger partial charge on any atom is 0.0951 e. The number of aromatic nitrogens is 2. The molecule has 0 spiro atoms. The minimum Gasteiger partial charge on any atom is -0.330 e. The van der Waals surface area contributed by atoms with E-state index >= 15 is 0 Å². The Bertz CT molecular complexity index is 300. The number of hydrogen-bond donors (Lipinski definition) is 1. The maximum absolute atomic E-state index is 4.22. The van der Waals surface area contributed by atoms with Gasteiger partial charge in [0, 0.05) is 18.8 Å². The summed E-state index contributed by atoms with van der Waals surface area (Å²) in [6, 6.07) is 0.745. The van der Waals surface area contributed by atoms with Crippen molar-refractivity contribution in [1.82, 2.24) is 14.9 Å². The number of rotatable bonds is 6. The maximum atomic E-state index is 4.22. The lowest BCUT2D eigenvalue weighted by Crippen LogP contribution is -2.18. The van der Waals surface area contributed by atoms with Gasteiger partial charge in [0.1, 0.15) is 0 Å². The van der Waals surface area contributed by atoms with Crippen LogP contribution in [0.2, 0.25) is 0 Å². The summed E-state index contributed by atoms with van der Waals surface area (Å²) in [5, 5.41) is 3.48. The zero-order valence-corrected chi connectivity index (χ0v) is 9.74. The van der Waals surface area contributed by atoms with E-state index in [2.05, 4.69) is 28.7 Å². The molecule has 1 aliphatic rings. The highest BCUT2D eigenvalue weighted by Crippen LogP contribution is 2.35. The van der Waals surface area contributed by atoms with Gasteiger partial charge in [-0.05, 0) is 31.7 Å². The number of imidazole rings is 1. The van der Waals surface area contributed by atoms with Gasteiger partial charge in [-0.2, -0.15) is 0 Å². The summed E-state index contributed by atoms with van der Waals surface area (Å²) in [7, 11) is 0. The molecule has 1 fully saturated rings. The van der Waals surface area contributed by atoms with Crippen molar-refractivity contribution < 1.29 is 0 Å². The Labute approximate surface area is 91.9 Å². The van der Waals surface area contributed by atoms with Crippen LogP contribution in [-0.4, -0.2) is 16.1 Å². The number of nitrogens with one attached hydrogen (secondary N) is 1. The van der Waals surface area contributed by atoms with Crippen molar-refractivity contribution in [2.75, 3.05) is 6.54 Å². The largest absolute Gasteiger partial charge is 0.330 e. The first-order chi connectivity index (χ1) is 7.27. The van der Waals surface area contributed by atoms with Crippen LogP contribution < -0.4 is 5.32 Å². The summed E-state index contributed by atoms with van der Waals surface area (Å²) < 4.78 is 2.32. The molecular formula is C12H21N3. The summed E-state index contributed by atoms with van der Waals surface area (Å²) in [5.74, 6) is 0.783. The van der Waals surface area contributed by atoms with Gasteiger partial charge in [-0.15, -0.1) is 0 Å². The zero-order valence-electron chi connectivity index (χ0n) is 9.74. The molecule has 1 aromatic heterocycles. The molecule has 0 radical (unpaired) electrons. The predicted octanol–water partition coefficient (Wildman–Crippen LogP) is 2.35. The second-order valence-electron chi connectivity index (χ2n) is 4.88. The van der Waals surface area contributed by atoms with Crippen molar-refractivity contribution in [2.45, 2.75) is 45.7 Å². The van der Waals surface area contributed by atoms with E-state index < -0.39 is 0 Å². The van der Waals surface area contributed by atoms with Gasteiger partial charge in [0.25, 0.3) is 0 Å². The summed E-state index contributed by atoms with van der Waals surface area (Å²) in [6.45, 7) is 6.59. The van der Waals surface area contributed by atoms with Crippen molar-refractivity contribution in [3.63, 3.8) is 0 Å². The van der Waals surface area contributed by atoms with Crippen LogP contribution in [0.4, 0.5) is 0 Å². The molecule has 3 heteroatoms. The minimum atomic E-state index is 0.745. The Morgan fingerprint density at radius 3 is 3.00 bits per heavy atom. The Hall–Kier alpha value is -0.830. The molecular weight excluding hydrogens is 186 g/mol. The molecule has 2 rings (SSSR count). The monoisotopic (exact) mass is 207 g/mol. The van der Waals surface area contributed by atoms with Crippen LogP contribution in [0, 0.1) is 5.92 Å². The predicted molar refractivity (Wildman–Crippen MR) is 61.7 cm³/mol. The van der Waals surface area contributed by atoms with Crippen molar-refractivity contribution in [3.8, 4) is 0 Å². The lowest BCUT2D eigenvalue weighted by Gasteiger charge is -2.09. The average Bonchev–Trinajstić information content (AvgIpc) is 2.93. The molecule has 3 nitrogen and oxygen atoms in total. The molecule has 1 heterocycles. The molecule has 0 atom stereocenters. The Morgan fingerprint density at radius 2 is 2.33 bits per heavy atom. The van der Waals surface area contributed by atoms with Crippen molar-refractivity contribution in [3.05, 3.63) is 18.2 Å². The van der Waals surface area contributed by atoms with Gasteiger partial charge in [0.2, 0.25) is 0 Å². The summed E-state index contributed by atoms with van der Waals surface area (Å²) in [6.07, 6.45) is 7.86. The summed E-state index contributed by atoms with van der Waals surface area (Å²) in [4.78, 5) is 4.22. The van der Waals surface area contributed by atoms with E-state index in [0.29, 0.717) is 0 Å². The number of hydrogen-bond acceptors (Lipinski definition) is 2. The highest BCUT2D eigenvalue weighted by Gasteiger charge is 2.24. The topological polar surface area (TPSA) is 29.9 Å². The first-order valence-electron chi connectivity index (χ1n) is 5.99. The van der Waals surface area contributed by atoms with Crippen LogP contribution >= 0.6 is 0 Å². The molecule has 0 saturated heterocycles. The second-order valence-corrected chi connectivity index (χ2v) is 4.88. The highest BCUT2D eigenvalue weighted by molar-refractivity contribution is 5.03. The Morgan fingerprint density at radius 1 is 1.53 bits per heavy atom. The summed E-state index contributed by atoms with van der Waals surface area (Å²) >= 11 is 0. The Balaban J connectivity index is 1.75. The SMILES string of the molecule is CC(C)CCNCc1cncn1C1CC1. The van der Waals surface area contributed by atoms with Crippen LogP contribution in [0.5, 0.6) is 0 Å². The fourth-order valence-corrected chi connectivity index (χ4v) is 1.76. The third-order valence-corrected chi connectivity index (χ3v) is 2.89.